The molecule has 3 heterocycles. The van der Waals surface area contributed by atoms with Crippen LogP contribution in [0.15, 0.2) is 83.8 Å². The Morgan fingerprint density at radius 1 is 0.946 bits per heavy atom. The summed E-state index contributed by atoms with van der Waals surface area (Å²) in [6.45, 7) is 1.37. The van der Waals surface area contributed by atoms with E-state index in [1.54, 1.807) is 12.1 Å². The molecule has 0 radical (unpaired) electrons. The Morgan fingerprint density at radius 2 is 1.54 bits per heavy atom. The van der Waals surface area contributed by atoms with E-state index in [4.69, 9.17) is 0 Å². The van der Waals surface area contributed by atoms with Gasteiger partial charge in [-0.3, -0.25) is 34.2 Å². The van der Waals surface area contributed by atoms with Crippen LogP contribution in [0.1, 0.15) is 17.2 Å². The smallest absolute Gasteiger partial charge is 0.359 e. The Balaban J connectivity index is 1.53. The molecule has 1 aliphatic heterocycles. The summed E-state index contributed by atoms with van der Waals surface area (Å²) in [5.74, 6) is -1.27. The number of nitrogens with zero attached hydrogens (tertiary/aromatic N) is 5. The lowest BCUT2D eigenvalue weighted by molar-refractivity contribution is -0.385. The Labute approximate surface area is 212 Å². The SMILES string of the molecule is O=C(O)Cn1c(=O)c([N+](=O)[O-])c(N2CCN(C(c3ccccc3)c3ccccc3)CC2)c2ncccc21. The number of pyridine rings is 2. The molecule has 1 aliphatic rings. The molecule has 0 amide bonds. The second kappa shape index (κ2) is 10.2. The van der Waals surface area contributed by atoms with E-state index in [9.17, 15) is 24.8 Å². The van der Waals surface area contributed by atoms with E-state index >= 15 is 0 Å². The molecule has 1 saturated heterocycles. The number of aliphatic carboxylic acids is 1. The van der Waals surface area contributed by atoms with Gasteiger partial charge in [-0.15, -0.1) is 0 Å². The largest absolute Gasteiger partial charge is 0.480 e. The molecule has 2 aromatic carbocycles. The Morgan fingerprint density at radius 3 is 2.08 bits per heavy atom. The summed E-state index contributed by atoms with van der Waals surface area (Å²) >= 11 is 0. The van der Waals surface area contributed by atoms with E-state index in [2.05, 4.69) is 34.1 Å². The zero-order chi connectivity index (χ0) is 25.9. The van der Waals surface area contributed by atoms with Gasteiger partial charge < -0.3 is 10.0 Å². The van der Waals surface area contributed by atoms with Crippen LogP contribution in [-0.2, 0) is 11.3 Å². The molecule has 37 heavy (non-hydrogen) atoms. The summed E-state index contributed by atoms with van der Waals surface area (Å²) < 4.78 is 0.906. The molecular formula is C27H25N5O5. The molecule has 0 saturated carbocycles. The fraction of sp³-hybridized carbons (Fsp3) is 0.222. The molecule has 4 aromatic rings. The number of hydrogen-bond donors (Lipinski definition) is 1. The van der Waals surface area contributed by atoms with E-state index in [0.29, 0.717) is 26.2 Å². The Hall–Kier alpha value is -4.57. The zero-order valence-corrected chi connectivity index (χ0v) is 19.9. The lowest BCUT2D eigenvalue weighted by atomic mass is 9.96. The standard InChI is InChI=1S/C27H25N5O5/c33-22(34)18-31-21-12-7-13-28-23(21)25(26(27(31)35)32(36)37)30-16-14-29(15-17-30)24(19-8-3-1-4-9-19)20-10-5-2-6-11-20/h1-13,24H,14-18H2,(H,33,34). The van der Waals surface area contributed by atoms with Gasteiger partial charge in [0.05, 0.1) is 16.5 Å². The van der Waals surface area contributed by atoms with E-state index in [0.717, 1.165) is 15.7 Å². The van der Waals surface area contributed by atoms with E-state index in [-0.39, 0.29) is 22.8 Å². The molecule has 10 heteroatoms. The van der Waals surface area contributed by atoms with Crippen LogP contribution < -0.4 is 10.5 Å². The monoisotopic (exact) mass is 499 g/mol. The fourth-order valence-electron chi connectivity index (χ4n) is 5.09. The van der Waals surface area contributed by atoms with Crippen LogP contribution in [0.5, 0.6) is 0 Å². The van der Waals surface area contributed by atoms with Gasteiger partial charge >= 0.3 is 17.2 Å². The number of anilines is 1. The first kappa shape index (κ1) is 24.1. The third-order valence-electron chi connectivity index (χ3n) is 6.68. The fourth-order valence-corrected chi connectivity index (χ4v) is 5.09. The predicted octanol–water partition coefficient (Wildman–Crippen LogP) is 3.30. The number of nitro groups is 1. The first-order valence-corrected chi connectivity index (χ1v) is 11.9. The zero-order valence-electron chi connectivity index (χ0n) is 19.9. The normalized spacial score (nSPS) is 14.2. The van der Waals surface area contributed by atoms with Crippen LogP contribution in [0, 0.1) is 10.1 Å². The summed E-state index contributed by atoms with van der Waals surface area (Å²) in [4.78, 5) is 44.4. The highest BCUT2D eigenvalue weighted by Gasteiger charge is 2.34. The molecule has 0 atom stereocenters. The Bertz CT molecular complexity index is 1460. The molecular weight excluding hydrogens is 474 g/mol. The second-order valence-electron chi connectivity index (χ2n) is 8.86. The van der Waals surface area contributed by atoms with E-state index < -0.39 is 28.7 Å². The van der Waals surface area contributed by atoms with Gasteiger partial charge in [0.2, 0.25) is 0 Å². The number of fused-ring (bicyclic) bond motifs is 1. The number of benzene rings is 2. The number of rotatable bonds is 7. The van der Waals surface area contributed by atoms with Crippen LogP contribution in [0.25, 0.3) is 11.0 Å². The summed E-state index contributed by atoms with van der Waals surface area (Å²) in [6.07, 6.45) is 1.49. The molecule has 2 aromatic heterocycles. The molecule has 5 rings (SSSR count). The summed E-state index contributed by atoms with van der Waals surface area (Å²) in [5.41, 5.74) is 1.34. The minimum absolute atomic E-state index is 0.0120. The van der Waals surface area contributed by atoms with Crippen molar-refractivity contribution in [2.75, 3.05) is 31.1 Å². The molecule has 0 unspecified atom stereocenters. The van der Waals surface area contributed by atoms with Crippen molar-refractivity contribution in [3.8, 4) is 0 Å². The third kappa shape index (κ3) is 4.66. The second-order valence-corrected chi connectivity index (χ2v) is 8.86. The Kier molecular flexibility index (Phi) is 6.65. The molecule has 0 spiro atoms. The van der Waals surface area contributed by atoms with Crippen molar-refractivity contribution in [1.29, 1.82) is 0 Å². The molecule has 0 aliphatic carbocycles. The lowest BCUT2D eigenvalue weighted by Crippen LogP contribution is -2.48. The number of piperazine rings is 1. The van der Waals surface area contributed by atoms with Crippen LogP contribution in [0.2, 0.25) is 0 Å². The van der Waals surface area contributed by atoms with Crippen molar-refractivity contribution in [1.82, 2.24) is 14.5 Å². The first-order chi connectivity index (χ1) is 18.0. The maximum absolute atomic E-state index is 13.2. The van der Waals surface area contributed by atoms with Crippen LogP contribution in [0.4, 0.5) is 11.4 Å². The van der Waals surface area contributed by atoms with Gasteiger partial charge in [-0.1, -0.05) is 60.7 Å². The van der Waals surface area contributed by atoms with Crippen LogP contribution in [-0.4, -0.2) is 56.6 Å². The van der Waals surface area contributed by atoms with Crippen LogP contribution >= 0.6 is 0 Å². The number of aromatic nitrogens is 2. The van der Waals surface area contributed by atoms with Gasteiger partial charge in [0.1, 0.15) is 17.7 Å². The first-order valence-electron chi connectivity index (χ1n) is 11.9. The third-order valence-corrected chi connectivity index (χ3v) is 6.68. The van der Waals surface area contributed by atoms with E-state index in [1.165, 1.54) is 6.20 Å². The topological polar surface area (TPSA) is 122 Å². The van der Waals surface area contributed by atoms with Gasteiger partial charge in [0.25, 0.3) is 0 Å². The van der Waals surface area contributed by atoms with Crippen molar-refractivity contribution in [2.24, 2.45) is 0 Å². The molecule has 1 N–H and O–H groups in total. The van der Waals surface area contributed by atoms with Gasteiger partial charge in [0, 0.05) is 32.4 Å². The lowest BCUT2D eigenvalue weighted by Gasteiger charge is -2.40. The highest BCUT2D eigenvalue weighted by atomic mass is 16.6. The molecule has 0 bridgehead atoms. The molecule has 188 valence electrons. The quantitative estimate of drug-likeness (QED) is 0.304. The average Bonchev–Trinajstić information content (AvgIpc) is 2.91. The van der Waals surface area contributed by atoms with Crippen molar-refractivity contribution in [3.05, 3.63) is 111 Å². The van der Waals surface area contributed by atoms with E-state index in [1.807, 2.05) is 41.3 Å². The van der Waals surface area contributed by atoms with Gasteiger partial charge in [-0.25, -0.2) is 0 Å². The number of carboxylic acids is 1. The summed E-state index contributed by atoms with van der Waals surface area (Å²) in [7, 11) is 0. The number of carbonyl (C=O) groups is 1. The van der Waals surface area contributed by atoms with Crippen molar-refractivity contribution < 1.29 is 14.8 Å². The molecule has 1 fully saturated rings. The van der Waals surface area contributed by atoms with Crippen molar-refractivity contribution >= 4 is 28.4 Å². The van der Waals surface area contributed by atoms with Gasteiger partial charge in [0.15, 0.2) is 0 Å². The number of hydrogen-bond acceptors (Lipinski definition) is 7. The maximum atomic E-state index is 13.2. The highest BCUT2D eigenvalue weighted by molar-refractivity contribution is 5.94. The summed E-state index contributed by atoms with van der Waals surface area (Å²) in [5, 5.41) is 21.4. The number of carboxylic acid groups (broad SMARTS) is 1. The maximum Gasteiger partial charge on any atom is 0.359 e. The highest BCUT2D eigenvalue weighted by Crippen LogP contribution is 2.35. The van der Waals surface area contributed by atoms with Crippen LogP contribution in [0.3, 0.4) is 0 Å². The van der Waals surface area contributed by atoms with Gasteiger partial charge in [-0.2, -0.15) is 0 Å². The van der Waals surface area contributed by atoms with Gasteiger partial charge in [-0.05, 0) is 23.3 Å². The minimum atomic E-state index is -1.27. The van der Waals surface area contributed by atoms with Crippen molar-refractivity contribution in [2.45, 2.75) is 12.6 Å². The molecule has 10 nitrogen and oxygen atoms in total. The average molecular weight is 500 g/mol. The van der Waals surface area contributed by atoms with Crippen molar-refractivity contribution in [3.63, 3.8) is 0 Å². The predicted molar refractivity (Wildman–Crippen MR) is 139 cm³/mol. The minimum Gasteiger partial charge on any atom is -0.480 e. The summed E-state index contributed by atoms with van der Waals surface area (Å²) in [6, 6.07) is 23.5.